The lowest BCUT2D eigenvalue weighted by Crippen LogP contribution is -2.39. The Morgan fingerprint density at radius 1 is 1.21 bits per heavy atom. The van der Waals surface area contributed by atoms with Crippen LogP contribution in [0.4, 0.5) is 0 Å². The lowest BCUT2D eigenvalue weighted by molar-refractivity contribution is 0.0643. The molecule has 1 fully saturated rings. The first-order valence-corrected chi connectivity index (χ1v) is 7.67. The molecule has 1 N–H and O–H groups in total. The topological polar surface area (TPSA) is 21.3 Å². The van der Waals surface area contributed by atoms with Crippen LogP contribution in [0.15, 0.2) is 30.3 Å². The third kappa shape index (κ3) is 4.63. The van der Waals surface area contributed by atoms with E-state index in [2.05, 4.69) is 43.4 Å². The van der Waals surface area contributed by atoms with Crippen molar-refractivity contribution in [2.24, 2.45) is 5.92 Å². The van der Waals surface area contributed by atoms with Gasteiger partial charge in [-0.15, -0.1) is 0 Å². The molecule has 1 saturated carbocycles. The van der Waals surface area contributed by atoms with Crippen LogP contribution in [0.2, 0.25) is 0 Å². The van der Waals surface area contributed by atoms with Crippen LogP contribution in [0.25, 0.3) is 0 Å². The first kappa shape index (κ1) is 14.5. The van der Waals surface area contributed by atoms with E-state index in [0.717, 1.165) is 19.1 Å². The molecule has 0 radical (unpaired) electrons. The maximum absolute atomic E-state index is 5.89. The van der Waals surface area contributed by atoms with Crippen molar-refractivity contribution in [1.82, 2.24) is 5.32 Å². The Bertz CT molecular complexity index is 352. The molecular weight excluding hydrogens is 234 g/mol. The van der Waals surface area contributed by atoms with E-state index in [1.165, 1.54) is 31.2 Å². The van der Waals surface area contributed by atoms with Gasteiger partial charge in [-0.25, -0.2) is 0 Å². The van der Waals surface area contributed by atoms with Crippen molar-refractivity contribution in [3.63, 3.8) is 0 Å². The Kier molecular flexibility index (Phi) is 5.87. The zero-order chi connectivity index (χ0) is 13.5. The molecule has 2 rings (SSSR count). The minimum atomic E-state index is 0.187. The maximum Gasteiger partial charge on any atom is 0.0797 e. The summed E-state index contributed by atoms with van der Waals surface area (Å²) in [5, 5.41) is 3.65. The molecule has 0 heterocycles. The van der Waals surface area contributed by atoms with Crippen LogP contribution in [0, 0.1) is 5.92 Å². The number of hydrogen-bond acceptors (Lipinski definition) is 2. The summed E-state index contributed by atoms with van der Waals surface area (Å²) < 4.78 is 5.89. The third-order valence-electron chi connectivity index (χ3n) is 4.26. The fourth-order valence-corrected chi connectivity index (χ4v) is 2.92. The van der Waals surface area contributed by atoms with E-state index in [1.807, 2.05) is 6.07 Å². The van der Waals surface area contributed by atoms with Crippen molar-refractivity contribution in [2.45, 2.75) is 51.7 Å². The van der Waals surface area contributed by atoms with Crippen molar-refractivity contribution < 1.29 is 4.74 Å². The van der Waals surface area contributed by atoms with Gasteiger partial charge in [0.25, 0.3) is 0 Å². The predicted octanol–water partition coefficient (Wildman–Crippen LogP) is 3.93. The zero-order valence-corrected chi connectivity index (χ0v) is 12.3. The van der Waals surface area contributed by atoms with Gasteiger partial charge in [-0.05, 0) is 31.2 Å². The molecule has 0 bridgehead atoms. The molecule has 2 heteroatoms. The van der Waals surface area contributed by atoms with Crippen molar-refractivity contribution >= 4 is 0 Å². The van der Waals surface area contributed by atoms with Crippen LogP contribution in [0.1, 0.15) is 51.2 Å². The van der Waals surface area contributed by atoms with Gasteiger partial charge >= 0.3 is 0 Å². The minimum Gasteiger partial charge on any atom is -0.373 e. The molecule has 1 aromatic rings. The van der Waals surface area contributed by atoms with Crippen LogP contribution >= 0.6 is 0 Å². The van der Waals surface area contributed by atoms with Gasteiger partial charge in [0, 0.05) is 12.6 Å². The molecule has 1 aliphatic rings. The van der Waals surface area contributed by atoms with Crippen LogP contribution in [0.5, 0.6) is 0 Å². The van der Waals surface area contributed by atoms with Gasteiger partial charge in [0.2, 0.25) is 0 Å². The summed E-state index contributed by atoms with van der Waals surface area (Å²) in [6.07, 6.45) is 5.67. The van der Waals surface area contributed by atoms with Crippen molar-refractivity contribution in [2.75, 3.05) is 13.2 Å². The summed E-state index contributed by atoms with van der Waals surface area (Å²) in [4.78, 5) is 0. The average Bonchev–Trinajstić information content (AvgIpc) is 2.46. The molecular formula is C17H27NO. The molecule has 19 heavy (non-hydrogen) atoms. The van der Waals surface area contributed by atoms with Crippen molar-refractivity contribution in [3.05, 3.63) is 35.9 Å². The molecule has 2 nitrogen and oxygen atoms in total. The molecule has 1 aliphatic carbocycles. The van der Waals surface area contributed by atoms with Gasteiger partial charge in [-0.3, -0.25) is 0 Å². The Hall–Kier alpha value is -0.860. The smallest absolute Gasteiger partial charge is 0.0797 e. The van der Waals surface area contributed by atoms with E-state index < -0.39 is 0 Å². The fraction of sp³-hybridized carbons (Fsp3) is 0.647. The highest BCUT2D eigenvalue weighted by atomic mass is 16.5. The van der Waals surface area contributed by atoms with Gasteiger partial charge < -0.3 is 10.1 Å². The molecule has 106 valence electrons. The molecule has 3 atom stereocenters. The number of nitrogens with one attached hydrogen (secondary N) is 1. The molecule has 3 unspecified atom stereocenters. The second-order valence-corrected chi connectivity index (χ2v) is 5.75. The quantitative estimate of drug-likeness (QED) is 0.783. The highest BCUT2D eigenvalue weighted by Gasteiger charge is 2.20. The summed E-state index contributed by atoms with van der Waals surface area (Å²) in [6, 6.07) is 11.1. The van der Waals surface area contributed by atoms with Gasteiger partial charge in [0.05, 0.1) is 12.7 Å². The Morgan fingerprint density at radius 3 is 2.68 bits per heavy atom. The van der Waals surface area contributed by atoms with Crippen LogP contribution in [0.3, 0.4) is 0 Å². The Morgan fingerprint density at radius 2 is 1.95 bits per heavy atom. The fourth-order valence-electron chi connectivity index (χ4n) is 2.92. The van der Waals surface area contributed by atoms with E-state index in [0.29, 0.717) is 6.04 Å². The van der Waals surface area contributed by atoms with E-state index in [-0.39, 0.29) is 6.10 Å². The van der Waals surface area contributed by atoms with E-state index in [1.54, 1.807) is 0 Å². The van der Waals surface area contributed by atoms with Crippen LogP contribution in [-0.4, -0.2) is 19.2 Å². The lowest BCUT2D eigenvalue weighted by Gasteiger charge is -2.29. The summed E-state index contributed by atoms with van der Waals surface area (Å²) >= 11 is 0. The molecule has 1 aromatic carbocycles. The van der Waals surface area contributed by atoms with Gasteiger partial charge in [-0.2, -0.15) is 0 Å². The highest BCUT2D eigenvalue weighted by Crippen LogP contribution is 2.23. The molecule has 0 amide bonds. The number of benzene rings is 1. The predicted molar refractivity (Wildman–Crippen MR) is 80.2 cm³/mol. The first-order valence-electron chi connectivity index (χ1n) is 7.67. The summed E-state index contributed by atoms with van der Waals surface area (Å²) in [5.41, 5.74) is 1.26. The highest BCUT2D eigenvalue weighted by molar-refractivity contribution is 5.16. The summed E-state index contributed by atoms with van der Waals surface area (Å²) in [5.74, 6) is 0.820. The van der Waals surface area contributed by atoms with Crippen LogP contribution < -0.4 is 5.32 Å². The standard InChI is InChI=1S/C17H27NO/c1-14-8-6-7-11-17(14)18-12-13-19-15(2)16-9-4-3-5-10-16/h3-5,9-10,14-15,17-18H,6-8,11-13H2,1-2H3. The first-order chi connectivity index (χ1) is 9.27. The second kappa shape index (κ2) is 7.66. The van der Waals surface area contributed by atoms with Gasteiger partial charge in [0.15, 0.2) is 0 Å². The number of ether oxygens (including phenoxy) is 1. The SMILES string of the molecule is CC(OCCNC1CCCCC1C)c1ccccc1. The van der Waals surface area contributed by atoms with E-state index >= 15 is 0 Å². The second-order valence-electron chi connectivity index (χ2n) is 5.75. The average molecular weight is 261 g/mol. The van der Waals surface area contributed by atoms with Gasteiger partial charge in [-0.1, -0.05) is 50.1 Å². The normalized spacial score (nSPS) is 25.2. The Balaban J connectivity index is 1.64. The summed E-state index contributed by atoms with van der Waals surface area (Å²) in [7, 11) is 0. The van der Waals surface area contributed by atoms with E-state index in [9.17, 15) is 0 Å². The zero-order valence-electron chi connectivity index (χ0n) is 12.3. The number of hydrogen-bond donors (Lipinski definition) is 1. The third-order valence-corrected chi connectivity index (χ3v) is 4.26. The Labute approximate surface area is 117 Å². The molecule has 0 aromatic heterocycles. The van der Waals surface area contributed by atoms with Gasteiger partial charge in [0.1, 0.15) is 0 Å². The lowest BCUT2D eigenvalue weighted by atomic mass is 9.86. The molecule has 0 aliphatic heterocycles. The van der Waals surface area contributed by atoms with Crippen molar-refractivity contribution in [1.29, 1.82) is 0 Å². The molecule has 0 spiro atoms. The molecule has 0 saturated heterocycles. The summed E-state index contributed by atoms with van der Waals surface area (Å²) in [6.45, 7) is 6.24. The van der Waals surface area contributed by atoms with E-state index in [4.69, 9.17) is 4.74 Å². The number of rotatable bonds is 6. The largest absolute Gasteiger partial charge is 0.373 e. The van der Waals surface area contributed by atoms with Crippen LogP contribution in [-0.2, 0) is 4.74 Å². The minimum absolute atomic E-state index is 0.187. The van der Waals surface area contributed by atoms with Crippen molar-refractivity contribution in [3.8, 4) is 0 Å². The monoisotopic (exact) mass is 261 g/mol. The maximum atomic E-state index is 5.89.